The molecule has 178 valence electrons. The van der Waals surface area contributed by atoms with Crippen LogP contribution in [0.15, 0.2) is 72.8 Å². The molecule has 3 aromatic carbocycles. The minimum atomic E-state index is -2.42. The van der Waals surface area contributed by atoms with Crippen LogP contribution in [-0.2, 0) is 16.1 Å². The van der Waals surface area contributed by atoms with E-state index < -0.39 is 16.8 Å². The van der Waals surface area contributed by atoms with Gasteiger partial charge in [0.25, 0.3) is 0 Å². The van der Waals surface area contributed by atoms with Gasteiger partial charge in [-0.25, -0.2) is 13.8 Å². The number of carbonyl (C=O) groups excluding carboxylic acids is 1. The van der Waals surface area contributed by atoms with Crippen LogP contribution in [0.4, 0.5) is 10.1 Å². The van der Waals surface area contributed by atoms with Crippen LogP contribution in [0.3, 0.4) is 0 Å². The second-order valence-corrected chi connectivity index (χ2v) is 9.75. The maximum atomic E-state index is 13.4. The van der Waals surface area contributed by atoms with Gasteiger partial charge in [-0.15, -0.1) is 5.10 Å². The van der Waals surface area contributed by atoms with Crippen LogP contribution >= 0.6 is 0 Å². The van der Waals surface area contributed by atoms with Crippen LogP contribution in [0.1, 0.15) is 30.9 Å². The Hall–Kier alpha value is -3.47. The van der Waals surface area contributed by atoms with E-state index in [2.05, 4.69) is 15.0 Å². The average molecular weight is 491 g/mol. The van der Waals surface area contributed by atoms with Crippen molar-refractivity contribution in [3.63, 3.8) is 0 Å². The highest BCUT2D eigenvalue weighted by Crippen LogP contribution is 2.55. The molecule has 0 spiro atoms. The van der Waals surface area contributed by atoms with Gasteiger partial charge in [0, 0.05) is 34.8 Å². The number of carbonyl (C=O) groups is 1. The average Bonchev–Trinajstić information content (AvgIpc) is 3.35. The maximum Gasteiger partial charge on any atom is 0.228 e. The predicted molar refractivity (Wildman–Crippen MR) is 128 cm³/mol. The molecular weight excluding hydrogens is 469 g/mol. The molecule has 1 aromatic heterocycles. The van der Waals surface area contributed by atoms with Crippen molar-refractivity contribution in [2.45, 2.75) is 30.8 Å². The molecule has 35 heavy (non-hydrogen) atoms. The molecule has 1 aliphatic carbocycles. The first-order valence-corrected chi connectivity index (χ1v) is 12.4. The Labute approximate surface area is 203 Å². The van der Waals surface area contributed by atoms with Crippen molar-refractivity contribution in [1.29, 1.82) is 0 Å². The second kappa shape index (κ2) is 8.33. The van der Waals surface area contributed by atoms with Crippen molar-refractivity contribution >= 4 is 33.9 Å². The summed E-state index contributed by atoms with van der Waals surface area (Å²) in [5, 5.41) is 8.50. The number of benzene rings is 3. The van der Waals surface area contributed by atoms with Crippen LogP contribution in [-0.4, -0.2) is 35.2 Å². The number of hydrogen-bond acceptors (Lipinski definition) is 5. The standard InChI is InChI=1S/C25H22FN5O3S/c26-17-6-8-18(9-7-17)31-22-11-10-19(14-21(22)27-29-31)30-23(32)15-20(25(12-13-25)28-35(33)34)24(30)16-4-2-1-3-5-16/h1-11,14,20,24,28H,12-13,15H2,(H,33,34)/p-1/t20-,24-/m0/s1. The summed E-state index contributed by atoms with van der Waals surface area (Å²) in [7, 11) is 0. The molecule has 1 saturated heterocycles. The highest BCUT2D eigenvalue weighted by molar-refractivity contribution is 7.77. The van der Waals surface area contributed by atoms with Crippen molar-refractivity contribution < 1.29 is 17.9 Å². The summed E-state index contributed by atoms with van der Waals surface area (Å²) in [6, 6.07) is 20.8. The molecule has 1 N–H and O–H groups in total. The number of amides is 1. The van der Waals surface area contributed by atoms with Crippen LogP contribution in [0.25, 0.3) is 16.7 Å². The Bertz CT molecular complexity index is 1440. The van der Waals surface area contributed by atoms with E-state index in [1.54, 1.807) is 21.7 Å². The van der Waals surface area contributed by atoms with E-state index in [0.717, 1.165) is 11.1 Å². The molecule has 2 fully saturated rings. The second-order valence-electron chi connectivity index (χ2n) is 9.07. The molecule has 1 aliphatic heterocycles. The third kappa shape index (κ3) is 3.83. The lowest BCUT2D eigenvalue weighted by molar-refractivity contribution is -0.117. The molecule has 6 rings (SSSR count). The summed E-state index contributed by atoms with van der Waals surface area (Å²) >= 11 is -2.42. The smallest absolute Gasteiger partial charge is 0.228 e. The van der Waals surface area contributed by atoms with Gasteiger partial charge in [-0.3, -0.25) is 9.00 Å². The summed E-state index contributed by atoms with van der Waals surface area (Å²) in [6.07, 6.45) is 1.63. The summed E-state index contributed by atoms with van der Waals surface area (Å²) < 4.78 is 40.7. The third-order valence-corrected chi connectivity index (χ3v) is 7.60. The van der Waals surface area contributed by atoms with Gasteiger partial charge in [-0.1, -0.05) is 35.5 Å². The van der Waals surface area contributed by atoms with E-state index in [1.807, 2.05) is 48.5 Å². The zero-order valence-electron chi connectivity index (χ0n) is 18.5. The predicted octanol–water partition coefficient (Wildman–Crippen LogP) is 3.57. The minimum Gasteiger partial charge on any atom is -0.760 e. The number of fused-ring (bicyclic) bond motifs is 1. The molecule has 4 aromatic rings. The van der Waals surface area contributed by atoms with E-state index in [0.29, 0.717) is 29.7 Å². The van der Waals surface area contributed by atoms with Gasteiger partial charge in [-0.2, -0.15) is 0 Å². The molecule has 2 heterocycles. The van der Waals surface area contributed by atoms with Gasteiger partial charge in [0.15, 0.2) is 0 Å². The van der Waals surface area contributed by atoms with Gasteiger partial charge >= 0.3 is 0 Å². The zero-order chi connectivity index (χ0) is 24.2. The van der Waals surface area contributed by atoms with Crippen LogP contribution < -0.4 is 9.62 Å². The van der Waals surface area contributed by atoms with Crippen LogP contribution in [0.5, 0.6) is 0 Å². The number of halogens is 1. The number of nitrogens with zero attached hydrogens (tertiary/aromatic N) is 4. The first-order chi connectivity index (χ1) is 16.9. The van der Waals surface area contributed by atoms with E-state index >= 15 is 0 Å². The summed E-state index contributed by atoms with van der Waals surface area (Å²) in [6.45, 7) is 0. The fourth-order valence-corrected chi connectivity index (χ4v) is 5.94. The van der Waals surface area contributed by atoms with Crippen LogP contribution in [0, 0.1) is 11.7 Å². The van der Waals surface area contributed by atoms with Gasteiger partial charge in [0.2, 0.25) is 5.91 Å². The van der Waals surface area contributed by atoms with Crippen LogP contribution in [0.2, 0.25) is 0 Å². The molecule has 3 atom stereocenters. The summed E-state index contributed by atoms with van der Waals surface area (Å²) in [5.41, 5.74) is 2.99. The number of hydrogen-bond donors (Lipinski definition) is 1. The monoisotopic (exact) mass is 490 g/mol. The lowest BCUT2D eigenvalue weighted by Gasteiger charge is -2.34. The molecule has 10 heteroatoms. The molecule has 0 radical (unpaired) electrons. The molecule has 2 aliphatic rings. The number of nitrogens with one attached hydrogen (secondary N) is 1. The number of rotatable bonds is 6. The van der Waals surface area contributed by atoms with Crippen molar-refractivity contribution in [2.24, 2.45) is 5.92 Å². The quantitative estimate of drug-likeness (QED) is 0.416. The number of aromatic nitrogens is 3. The third-order valence-electron chi connectivity index (χ3n) is 7.03. The SMILES string of the molecule is O=C1C[C@H](C2(NS(=O)[O-])CC2)[C@H](c2ccccc2)N1c1ccc2c(c1)nnn2-c1ccc(F)cc1. The van der Waals surface area contributed by atoms with Crippen molar-refractivity contribution in [1.82, 2.24) is 19.7 Å². The zero-order valence-corrected chi connectivity index (χ0v) is 19.3. The van der Waals surface area contributed by atoms with Crippen molar-refractivity contribution in [3.05, 3.63) is 84.2 Å². The van der Waals surface area contributed by atoms with E-state index in [9.17, 15) is 17.9 Å². The Morgan fingerprint density at radius 3 is 2.43 bits per heavy atom. The lowest BCUT2D eigenvalue weighted by atomic mass is 9.86. The van der Waals surface area contributed by atoms with Gasteiger partial charge in [0.05, 0.1) is 17.2 Å². The first-order valence-electron chi connectivity index (χ1n) is 11.3. The van der Waals surface area contributed by atoms with Crippen molar-refractivity contribution in [2.75, 3.05) is 4.90 Å². The summed E-state index contributed by atoms with van der Waals surface area (Å²) in [4.78, 5) is 15.1. The Morgan fingerprint density at radius 1 is 1.03 bits per heavy atom. The molecule has 0 bridgehead atoms. The highest BCUT2D eigenvalue weighted by atomic mass is 32.2. The Balaban J connectivity index is 1.41. The fraction of sp³-hybridized carbons (Fsp3) is 0.240. The van der Waals surface area contributed by atoms with Gasteiger partial charge in [-0.05, 0) is 60.9 Å². The van der Waals surface area contributed by atoms with Crippen molar-refractivity contribution in [3.8, 4) is 5.69 Å². The minimum absolute atomic E-state index is 0.0705. The Kier molecular flexibility index (Phi) is 5.24. The molecule has 1 unspecified atom stereocenters. The van der Waals surface area contributed by atoms with E-state index in [1.165, 1.54) is 12.1 Å². The largest absolute Gasteiger partial charge is 0.760 e. The summed E-state index contributed by atoms with van der Waals surface area (Å²) in [5.74, 6) is -0.613. The Morgan fingerprint density at radius 2 is 1.74 bits per heavy atom. The highest BCUT2D eigenvalue weighted by Gasteiger charge is 2.58. The molecular formula is C25H21FN5O3S-. The fourth-order valence-electron chi connectivity index (χ4n) is 5.25. The number of anilines is 1. The molecule has 1 amide bonds. The van der Waals surface area contributed by atoms with E-state index in [-0.39, 0.29) is 30.1 Å². The topological polar surface area (TPSA) is 103 Å². The molecule has 1 saturated carbocycles. The van der Waals surface area contributed by atoms with E-state index in [4.69, 9.17) is 0 Å². The maximum absolute atomic E-state index is 13.4. The van der Waals surface area contributed by atoms with Gasteiger partial charge < -0.3 is 9.45 Å². The first kappa shape index (κ1) is 22.0. The lowest BCUT2D eigenvalue weighted by Crippen LogP contribution is -2.42. The normalized spacial score (nSPS) is 22.0. The molecule has 8 nitrogen and oxygen atoms in total. The van der Waals surface area contributed by atoms with Gasteiger partial charge in [0.1, 0.15) is 11.3 Å².